The molecule has 0 aromatic rings. The topological polar surface area (TPSA) is 64.3 Å². The molecule has 0 bridgehead atoms. The number of nitrogens with one attached hydrogen (secondary N) is 1. The first kappa shape index (κ1) is 11.9. The molecule has 1 heterocycles. The van der Waals surface area contributed by atoms with Crippen molar-refractivity contribution in [3.05, 3.63) is 0 Å². The summed E-state index contributed by atoms with van der Waals surface area (Å²) in [6, 6.07) is 0. The van der Waals surface area contributed by atoms with Crippen LogP contribution in [0.2, 0.25) is 0 Å². The Labute approximate surface area is 96.9 Å². The van der Waals surface area contributed by atoms with Crippen LogP contribution >= 0.6 is 0 Å². The standard InChI is InChI=1S/C12H22N2O2/c1-11(2,3)16-10(15)9-6-12(9,13)8-4-5-14-7-8/h8-9,14H,4-7,13H2,1-3H3/t8?,9-,12+/m1/s1. The van der Waals surface area contributed by atoms with Crippen LogP contribution in [-0.4, -0.2) is 30.2 Å². The van der Waals surface area contributed by atoms with Crippen LogP contribution in [0.3, 0.4) is 0 Å². The van der Waals surface area contributed by atoms with Gasteiger partial charge in [0.1, 0.15) is 5.60 Å². The van der Waals surface area contributed by atoms with E-state index in [1.54, 1.807) is 0 Å². The number of carbonyl (C=O) groups is 1. The quantitative estimate of drug-likeness (QED) is 0.679. The van der Waals surface area contributed by atoms with Crippen LogP contribution in [0.5, 0.6) is 0 Å². The molecule has 3 N–H and O–H groups in total. The molecule has 16 heavy (non-hydrogen) atoms. The summed E-state index contributed by atoms with van der Waals surface area (Å²) in [6.07, 6.45) is 1.87. The van der Waals surface area contributed by atoms with E-state index in [1.807, 2.05) is 20.8 Å². The Morgan fingerprint density at radius 1 is 1.50 bits per heavy atom. The molecular weight excluding hydrogens is 204 g/mol. The zero-order chi connectivity index (χ0) is 12.0. The molecular formula is C12H22N2O2. The Balaban J connectivity index is 1.92. The Kier molecular flexibility index (Phi) is 2.75. The summed E-state index contributed by atoms with van der Waals surface area (Å²) in [6.45, 7) is 7.63. The van der Waals surface area contributed by atoms with Crippen molar-refractivity contribution >= 4 is 5.97 Å². The maximum Gasteiger partial charge on any atom is 0.311 e. The summed E-state index contributed by atoms with van der Waals surface area (Å²) in [7, 11) is 0. The van der Waals surface area contributed by atoms with Gasteiger partial charge in [-0.1, -0.05) is 0 Å². The van der Waals surface area contributed by atoms with Gasteiger partial charge in [0.25, 0.3) is 0 Å². The van der Waals surface area contributed by atoms with E-state index in [4.69, 9.17) is 10.5 Å². The lowest BCUT2D eigenvalue weighted by Gasteiger charge is -2.22. The van der Waals surface area contributed by atoms with Gasteiger partial charge in [0, 0.05) is 5.54 Å². The predicted molar refractivity (Wildman–Crippen MR) is 61.8 cm³/mol. The molecule has 4 nitrogen and oxygen atoms in total. The van der Waals surface area contributed by atoms with Crippen LogP contribution < -0.4 is 11.1 Å². The third-order valence-corrected chi connectivity index (χ3v) is 3.56. The van der Waals surface area contributed by atoms with Gasteiger partial charge in [-0.25, -0.2) is 0 Å². The lowest BCUT2D eigenvalue weighted by Crippen LogP contribution is -2.39. The largest absolute Gasteiger partial charge is 0.460 e. The van der Waals surface area contributed by atoms with Gasteiger partial charge in [-0.2, -0.15) is 0 Å². The number of esters is 1. The van der Waals surface area contributed by atoms with Crippen molar-refractivity contribution in [2.45, 2.75) is 44.8 Å². The molecule has 0 spiro atoms. The fourth-order valence-electron chi connectivity index (χ4n) is 2.53. The Morgan fingerprint density at radius 2 is 2.19 bits per heavy atom. The van der Waals surface area contributed by atoms with Crippen LogP contribution in [0, 0.1) is 11.8 Å². The predicted octanol–water partition coefficient (Wildman–Crippen LogP) is 0.655. The number of hydrogen-bond donors (Lipinski definition) is 2. The van der Waals surface area contributed by atoms with Gasteiger partial charge in [0.05, 0.1) is 5.92 Å². The number of rotatable bonds is 2. The molecule has 92 valence electrons. The van der Waals surface area contributed by atoms with Crippen molar-refractivity contribution in [3.8, 4) is 0 Å². The van der Waals surface area contributed by atoms with Crippen LogP contribution in [0.4, 0.5) is 0 Å². The molecule has 0 aromatic carbocycles. The van der Waals surface area contributed by atoms with Crippen LogP contribution in [-0.2, 0) is 9.53 Å². The summed E-state index contributed by atoms with van der Waals surface area (Å²) >= 11 is 0. The Hall–Kier alpha value is -0.610. The second-order valence-electron chi connectivity index (χ2n) is 6.09. The zero-order valence-electron chi connectivity index (χ0n) is 10.4. The normalized spacial score (nSPS) is 38.5. The molecule has 3 atom stereocenters. The molecule has 1 unspecified atom stereocenters. The van der Waals surface area contributed by atoms with Gasteiger partial charge >= 0.3 is 5.97 Å². The number of carbonyl (C=O) groups excluding carboxylic acids is 1. The SMILES string of the molecule is CC(C)(C)OC(=O)[C@H]1C[C@]1(N)C1CCNC1. The van der Waals surface area contributed by atoms with Gasteiger partial charge in [0.2, 0.25) is 0 Å². The lowest BCUT2D eigenvalue weighted by atomic mass is 9.95. The molecule has 2 rings (SSSR count). The molecule has 0 amide bonds. The fourth-order valence-corrected chi connectivity index (χ4v) is 2.53. The van der Waals surface area contributed by atoms with Crippen molar-refractivity contribution in [1.82, 2.24) is 5.32 Å². The third kappa shape index (κ3) is 2.23. The van der Waals surface area contributed by atoms with Crippen LogP contribution in [0.15, 0.2) is 0 Å². The van der Waals surface area contributed by atoms with E-state index >= 15 is 0 Å². The average Bonchev–Trinajstić information content (AvgIpc) is 2.64. The van der Waals surface area contributed by atoms with Crippen LogP contribution in [0.25, 0.3) is 0 Å². The van der Waals surface area contributed by atoms with Crippen molar-refractivity contribution in [2.75, 3.05) is 13.1 Å². The van der Waals surface area contributed by atoms with Gasteiger partial charge in [-0.05, 0) is 52.6 Å². The van der Waals surface area contributed by atoms with Crippen molar-refractivity contribution in [1.29, 1.82) is 0 Å². The fraction of sp³-hybridized carbons (Fsp3) is 0.917. The summed E-state index contributed by atoms with van der Waals surface area (Å²) in [5.41, 5.74) is 5.57. The maximum absolute atomic E-state index is 11.9. The minimum atomic E-state index is -0.408. The first-order chi connectivity index (χ1) is 7.33. The molecule has 1 aliphatic carbocycles. The van der Waals surface area contributed by atoms with E-state index in [1.165, 1.54) is 0 Å². The Bertz CT molecular complexity index is 292. The van der Waals surface area contributed by atoms with Gasteiger partial charge in [-0.3, -0.25) is 4.79 Å². The number of nitrogens with two attached hydrogens (primary N) is 1. The first-order valence-corrected chi connectivity index (χ1v) is 6.05. The second-order valence-corrected chi connectivity index (χ2v) is 6.09. The number of hydrogen-bond acceptors (Lipinski definition) is 4. The minimum absolute atomic E-state index is 0.0865. The van der Waals surface area contributed by atoms with Gasteiger partial charge in [0.15, 0.2) is 0 Å². The highest BCUT2D eigenvalue weighted by atomic mass is 16.6. The summed E-state index contributed by atoms with van der Waals surface area (Å²) < 4.78 is 5.38. The lowest BCUT2D eigenvalue weighted by molar-refractivity contribution is -0.157. The third-order valence-electron chi connectivity index (χ3n) is 3.56. The monoisotopic (exact) mass is 226 g/mol. The van der Waals surface area contributed by atoms with E-state index < -0.39 is 5.60 Å². The maximum atomic E-state index is 11.9. The highest BCUT2D eigenvalue weighted by Gasteiger charge is 2.61. The van der Waals surface area contributed by atoms with Crippen molar-refractivity contribution in [3.63, 3.8) is 0 Å². The Morgan fingerprint density at radius 3 is 2.69 bits per heavy atom. The molecule has 1 aliphatic heterocycles. The van der Waals surface area contributed by atoms with Crippen molar-refractivity contribution < 1.29 is 9.53 Å². The van der Waals surface area contributed by atoms with E-state index in [0.29, 0.717) is 5.92 Å². The van der Waals surface area contributed by atoms with E-state index in [9.17, 15) is 4.79 Å². The summed E-state index contributed by atoms with van der Waals surface area (Å²) in [4.78, 5) is 11.9. The molecule has 1 saturated carbocycles. The molecule has 2 fully saturated rings. The smallest absolute Gasteiger partial charge is 0.311 e. The highest BCUT2D eigenvalue weighted by molar-refractivity contribution is 5.78. The van der Waals surface area contributed by atoms with Gasteiger partial charge < -0.3 is 15.8 Å². The van der Waals surface area contributed by atoms with E-state index in [2.05, 4.69) is 5.32 Å². The van der Waals surface area contributed by atoms with E-state index in [0.717, 1.165) is 25.9 Å². The zero-order valence-corrected chi connectivity index (χ0v) is 10.4. The average molecular weight is 226 g/mol. The first-order valence-electron chi connectivity index (χ1n) is 6.05. The molecule has 4 heteroatoms. The van der Waals surface area contributed by atoms with Crippen molar-refractivity contribution in [2.24, 2.45) is 17.6 Å². The van der Waals surface area contributed by atoms with Gasteiger partial charge in [-0.15, -0.1) is 0 Å². The highest BCUT2D eigenvalue weighted by Crippen LogP contribution is 2.49. The van der Waals surface area contributed by atoms with Crippen LogP contribution in [0.1, 0.15) is 33.6 Å². The number of ether oxygens (including phenoxy) is 1. The summed E-state index contributed by atoms with van der Waals surface area (Å²) in [5, 5.41) is 3.29. The molecule has 1 saturated heterocycles. The summed E-state index contributed by atoms with van der Waals surface area (Å²) in [5.74, 6) is 0.226. The van der Waals surface area contributed by atoms with E-state index in [-0.39, 0.29) is 17.4 Å². The molecule has 0 radical (unpaired) electrons. The minimum Gasteiger partial charge on any atom is -0.460 e. The molecule has 2 aliphatic rings. The molecule has 0 aromatic heterocycles. The second kappa shape index (κ2) is 3.70.